The van der Waals surface area contributed by atoms with Crippen LogP contribution < -0.4 is 9.80 Å². The maximum atomic E-state index is 13.8. The molecular weight excluding hydrogens is 520 g/mol. The minimum atomic E-state index is -3.61. The summed E-state index contributed by atoms with van der Waals surface area (Å²) in [5.74, 6) is 1.66. The molecule has 0 aliphatic carbocycles. The largest absolute Gasteiger partial charge is 0.356 e. The summed E-state index contributed by atoms with van der Waals surface area (Å²) in [6.45, 7) is 7.07. The lowest BCUT2D eigenvalue weighted by Gasteiger charge is -2.33. The smallest absolute Gasteiger partial charge is 0.243 e. The van der Waals surface area contributed by atoms with Crippen molar-refractivity contribution in [2.45, 2.75) is 43.4 Å². The van der Waals surface area contributed by atoms with Crippen LogP contribution >= 0.6 is 0 Å². The summed E-state index contributed by atoms with van der Waals surface area (Å²) in [7, 11) is -3.61. The third kappa shape index (κ3) is 6.01. The Hall–Kier alpha value is -3.01. The van der Waals surface area contributed by atoms with Crippen LogP contribution in [0.1, 0.15) is 44.1 Å². The number of hydrogen-bond donors (Lipinski definition) is 0. The van der Waals surface area contributed by atoms with Gasteiger partial charge in [0.1, 0.15) is 5.82 Å². The van der Waals surface area contributed by atoms with Gasteiger partial charge in [-0.3, -0.25) is 4.90 Å². The zero-order valence-electron chi connectivity index (χ0n) is 23.3. The Bertz CT molecular complexity index is 1420. The zero-order valence-corrected chi connectivity index (χ0v) is 24.1. The van der Waals surface area contributed by atoms with E-state index >= 15 is 0 Å². The molecule has 0 radical (unpaired) electrons. The summed E-state index contributed by atoms with van der Waals surface area (Å²) in [5.41, 5.74) is 2.00. The normalized spacial score (nSPS) is 20.0. The van der Waals surface area contributed by atoms with E-state index < -0.39 is 10.0 Å². The van der Waals surface area contributed by atoms with E-state index in [1.165, 1.54) is 18.4 Å². The van der Waals surface area contributed by atoms with Crippen LogP contribution in [-0.4, -0.2) is 86.5 Å². The summed E-state index contributed by atoms with van der Waals surface area (Å²) in [6, 6.07) is 15.7. The second kappa shape index (κ2) is 12.2. The first kappa shape index (κ1) is 27.2. The van der Waals surface area contributed by atoms with Gasteiger partial charge in [0.25, 0.3) is 0 Å². The van der Waals surface area contributed by atoms with E-state index in [0.717, 1.165) is 81.1 Å². The highest BCUT2D eigenvalue weighted by Gasteiger charge is 2.29. The number of anilines is 2. The Labute approximate surface area is 238 Å². The molecule has 3 aliphatic heterocycles. The number of aromatic nitrogens is 2. The average molecular weight is 561 g/mol. The van der Waals surface area contributed by atoms with E-state index in [2.05, 4.69) is 39.0 Å². The molecule has 0 bridgehead atoms. The van der Waals surface area contributed by atoms with E-state index in [1.807, 2.05) is 30.3 Å². The molecule has 3 aromatic rings. The minimum absolute atomic E-state index is 0.338. The van der Waals surface area contributed by atoms with Gasteiger partial charge in [0.15, 0.2) is 0 Å². The van der Waals surface area contributed by atoms with Gasteiger partial charge in [-0.2, -0.15) is 9.29 Å². The maximum absolute atomic E-state index is 13.8. The molecule has 212 valence electrons. The van der Waals surface area contributed by atoms with Crippen molar-refractivity contribution in [1.82, 2.24) is 19.2 Å². The second-order valence-corrected chi connectivity index (χ2v) is 13.1. The topological polar surface area (TPSA) is 72.9 Å². The van der Waals surface area contributed by atoms with Crippen LogP contribution in [0.5, 0.6) is 0 Å². The number of benzene rings is 2. The third-order valence-electron chi connectivity index (χ3n) is 8.37. The highest BCUT2D eigenvalue weighted by molar-refractivity contribution is 7.89. The monoisotopic (exact) mass is 560 g/mol. The first-order chi connectivity index (χ1) is 19.6. The molecule has 9 heteroatoms. The van der Waals surface area contributed by atoms with Crippen LogP contribution in [0.15, 0.2) is 59.5 Å². The number of piperazine rings is 1. The Balaban J connectivity index is 1.21. The van der Waals surface area contributed by atoms with Crippen molar-refractivity contribution in [3.8, 4) is 0 Å². The van der Waals surface area contributed by atoms with E-state index in [0.29, 0.717) is 31.1 Å². The van der Waals surface area contributed by atoms with Crippen LogP contribution in [-0.2, 0) is 10.0 Å². The first-order valence-electron chi connectivity index (χ1n) is 14.8. The lowest BCUT2D eigenvalue weighted by molar-refractivity contribution is 0.204. The van der Waals surface area contributed by atoms with E-state index in [1.54, 1.807) is 10.4 Å². The van der Waals surface area contributed by atoms with Gasteiger partial charge in [-0.1, -0.05) is 42.5 Å². The SMILES string of the molecule is O=S(=O)(c1ccc2nc(N3CCCCC3)nc(N3CCCCC3)c2c1)N1CCN(CC=Cc2ccccc2)CC1. The highest BCUT2D eigenvalue weighted by Crippen LogP contribution is 2.32. The molecule has 8 nitrogen and oxygen atoms in total. The molecule has 0 amide bonds. The number of nitrogens with zero attached hydrogens (tertiary/aromatic N) is 6. The molecule has 1 aromatic heterocycles. The van der Waals surface area contributed by atoms with E-state index in [9.17, 15) is 8.42 Å². The van der Waals surface area contributed by atoms with Gasteiger partial charge in [0, 0.05) is 64.3 Å². The van der Waals surface area contributed by atoms with Crippen molar-refractivity contribution in [3.63, 3.8) is 0 Å². The fourth-order valence-corrected chi connectivity index (χ4v) is 7.47. The Morgan fingerprint density at radius 2 is 1.40 bits per heavy atom. The predicted molar refractivity (Wildman–Crippen MR) is 162 cm³/mol. The fourth-order valence-electron chi connectivity index (χ4n) is 6.03. The molecule has 3 fully saturated rings. The summed E-state index contributed by atoms with van der Waals surface area (Å²) < 4.78 is 29.2. The van der Waals surface area contributed by atoms with Gasteiger partial charge in [0.05, 0.1) is 10.4 Å². The highest BCUT2D eigenvalue weighted by atomic mass is 32.2. The summed E-state index contributed by atoms with van der Waals surface area (Å²) in [6.07, 6.45) is 11.3. The van der Waals surface area contributed by atoms with Crippen molar-refractivity contribution in [3.05, 3.63) is 60.2 Å². The standard InChI is InChI=1S/C31H40N6O2S/c38-40(39,37-23-21-34(22-24-37)16-10-13-26-11-4-1-5-12-26)27-14-15-29-28(25-27)30(35-17-6-2-7-18-35)33-31(32-29)36-19-8-3-9-20-36/h1,4-5,10-15,25H,2-3,6-9,16-24H2. The molecule has 2 aromatic carbocycles. The van der Waals surface area contributed by atoms with Crippen LogP contribution in [0.4, 0.5) is 11.8 Å². The maximum Gasteiger partial charge on any atom is 0.243 e. The number of hydrogen-bond acceptors (Lipinski definition) is 7. The molecule has 0 saturated carbocycles. The molecule has 3 aliphatic rings. The fraction of sp³-hybridized carbons (Fsp3) is 0.484. The van der Waals surface area contributed by atoms with Gasteiger partial charge in [-0.15, -0.1) is 0 Å². The Morgan fingerprint density at radius 1 is 0.725 bits per heavy atom. The van der Waals surface area contributed by atoms with Gasteiger partial charge < -0.3 is 9.80 Å². The van der Waals surface area contributed by atoms with Gasteiger partial charge in [-0.05, 0) is 62.3 Å². The van der Waals surface area contributed by atoms with Gasteiger partial charge in [0.2, 0.25) is 16.0 Å². The summed E-state index contributed by atoms with van der Waals surface area (Å²) in [5, 5.41) is 0.841. The lowest BCUT2D eigenvalue weighted by Crippen LogP contribution is -2.48. The predicted octanol–water partition coefficient (Wildman–Crippen LogP) is 4.63. The molecule has 0 N–H and O–H groups in total. The molecule has 40 heavy (non-hydrogen) atoms. The molecule has 0 spiro atoms. The number of rotatable bonds is 7. The summed E-state index contributed by atoms with van der Waals surface area (Å²) >= 11 is 0. The van der Waals surface area contributed by atoms with Crippen molar-refractivity contribution in [2.75, 3.05) is 68.7 Å². The van der Waals surface area contributed by atoms with Crippen LogP contribution in [0, 0.1) is 0 Å². The molecule has 4 heterocycles. The van der Waals surface area contributed by atoms with E-state index in [-0.39, 0.29) is 0 Å². The van der Waals surface area contributed by atoms with Gasteiger partial charge in [-0.25, -0.2) is 13.4 Å². The molecule has 0 atom stereocenters. The number of sulfonamides is 1. The molecule has 3 saturated heterocycles. The van der Waals surface area contributed by atoms with Gasteiger partial charge >= 0.3 is 0 Å². The first-order valence-corrected chi connectivity index (χ1v) is 16.3. The molecular formula is C31H40N6O2S. The second-order valence-electron chi connectivity index (χ2n) is 11.1. The quantitative estimate of drug-likeness (QED) is 0.417. The van der Waals surface area contributed by atoms with E-state index in [4.69, 9.17) is 9.97 Å². The van der Waals surface area contributed by atoms with Crippen LogP contribution in [0.25, 0.3) is 17.0 Å². The Kier molecular flexibility index (Phi) is 8.32. The minimum Gasteiger partial charge on any atom is -0.356 e. The third-order valence-corrected chi connectivity index (χ3v) is 10.3. The van der Waals surface area contributed by atoms with Crippen molar-refractivity contribution in [2.24, 2.45) is 0 Å². The van der Waals surface area contributed by atoms with Crippen molar-refractivity contribution >= 4 is 38.8 Å². The summed E-state index contributed by atoms with van der Waals surface area (Å²) in [4.78, 5) is 17.2. The van der Waals surface area contributed by atoms with Crippen LogP contribution in [0.2, 0.25) is 0 Å². The lowest BCUT2D eigenvalue weighted by atomic mass is 10.1. The molecule has 6 rings (SSSR count). The average Bonchev–Trinajstić information content (AvgIpc) is 3.02. The molecule has 0 unspecified atom stereocenters. The number of piperidine rings is 2. The van der Waals surface area contributed by atoms with Crippen molar-refractivity contribution in [1.29, 1.82) is 0 Å². The van der Waals surface area contributed by atoms with Crippen molar-refractivity contribution < 1.29 is 8.42 Å². The zero-order chi connectivity index (χ0) is 27.4. The van der Waals surface area contributed by atoms with Crippen LogP contribution in [0.3, 0.4) is 0 Å². The number of fused-ring (bicyclic) bond motifs is 1. The Morgan fingerprint density at radius 3 is 2.10 bits per heavy atom.